The second-order valence-electron chi connectivity index (χ2n) is 2.59. The van der Waals surface area contributed by atoms with Crippen LogP contribution >= 0.6 is 0 Å². The predicted octanol–water partition coefficient (Wildman–Crippen LogP) is 2.66. The van der Waals surface area contributed by atoms with E-state index >= 15 is 0 Å². The molecule has 0 aliphatic heterocycles. The van der Waals surface area contributed by atoms with Crippen LogP contribution in [0.4, 0.5) is 0 Å². The number of hydrogen-bond donors (Lipinski definition) is 1. The van der Waals surface area contributed by atoms with Crippen LogP contribution in [0.1, 0.15) is 27.2 Å². The molecule has 11 heavy (non-hydrogen) atoms. The van der Waals surface area contributed by atoms with E-state index in [4.69, 9.17) is 5.41 Å². The lowest BCUT2D eigenvalue weighted by Gasteiger charge is -2.04. The third-order valence-electron chi connectivity index (χ3n) is 1.79. The summed E-state index contributed by atoms with van der Waals surface area (Å²) in [5.74, 6) is 0.547. The van der Waals surface area contributed by atoms with E-state index in [1.807, 2.05) is 6.92 Å². The monoisotopic (exact) mass is 152 g/mol. The Kier molecular flexibility index (Phi) is 5.35. The lowest BCUT2D eigenvalue weighted by Crippen LogP contribution is -2.04. The van der Waals surface area contributed by atoms with Gasteiger partial charge in [0.1, 0.15) is 0 Å². The van der Waals surface area contributed by atoms with Gasteiger partial charge >= 0.3 is 0 Å². The van der Waals surface area contributed by atoms with Crippen molar-refractivity contribution in [3.63, 3.8) is 0 Å². The van der Waals surface area contributed by atoms with Gasteiger partial charge in [-0.2, -0.15) is 0 Å². The minimum atomic E-state index is 0.547. The average molecular weight is 152 g/mol. The fourth-order valence-electron chi connectivity index (χ4n) is 0.626. The molecule has 2 heteroatoms. The van der Waals surface area contributed by atoms with Crippen LogP contribution in [0, 0.1) is 11.3 Å². The van der Waals surface area contributed by atoms with Crippen LogP contribution in [0.15, 0.2) is 17.3 Å². The molecule has 0 radical (unpaired) electrons. The summed E-state index contributed by atoms with van der Waals surface area (Å²) in [6, 6.07) is 0. The van der Waals surface area contributed by atoms with E-state index in [9.17, 15) is 0 Å². The smallest absolute Gasteiger partial charge is 0.0282 e. The maximum atomic E-state index is 6.72. The lowest BCUT2D eigenvalue weighted by molar-refractivity contribution is 0.736. The Morgan fingerprint density at radius 1 is 1.64 bits per heavy atom. The number of aliphatic imine (C=N–C) groups is 1. The van der Waals surface area contributed by atoms with Crippen LogP contribution in [0.5, 0.6) is 0 Å². The average Bonchev–Trinajstić information content (AvgIpc) is 2.03. The van der Waals surface area contributed by atoms with Crippen molar-refractivity contribution < 1.29 is 0 Å². The van der Waals surface area contributed by atoms with E-state index in [0.29, 0.717) is 5.92 Å². The van der Waals surface area contributed by atoms with Gasteiger partial charge in [0.25, 0.3) is 0 Å². The fourth-order valence-corrected chi connectivity index (χ4v) is 0.626. The highest BCUT2D eigenvalue weighted by Gasteiger charge is 1.99. The Bertz CT molecular complexity index is 168. The van der Waals surface area contributed by atoms with Crippen molar-refractivity contribution in [3.8, 4) is 0 Å². The zero-order valence-electron chi connectivity index (χ0n) is 7.46. The van der Waals surface area contributed by atoms with Gasteiger partial charge in [-0.1, -0.05) is 13.8 Å². The van der Waals surface area contributed by atoms with Gasteiger partial charge in [-0.15, -0.1) is 0 Å². The standard InChI is InChI=1S/C9H16N2/c1-4-8(2)9(3)11-7-5-6-10/h5-8,10H,4H2,1-3H3/b7-5-,10-6?,11-9+/t8-/m0/s1. The first-order chi connectivity index (χ1) is 5.22. The van der Waals surface area contributed by atoms with Gasteiger partial charge in [-0.25, -0.2) is 0 Å². The van der Waals surface area contributed by atoms with Gasteiger partial charge in [0.05, 0.1) is 0 Å². The van der Waals surface area contributed by atoms with E-state index < -0.39 is 0 Å². The van der Waals surface area contributed by atoms with Crippen LogP contribution in [-0.4, -0.2) is 11.9 Å². The summed E-state index contributed by atoms with van der Waals surface area (Å²) < 4.78 is 0. The highest BCUT2D eigenvalue weighted by atomic mass is 14.7. The molecule has 0 heterocycles. The molecule has 0 unspecified atom stereocenters. The molecule has 0 amide bonds. The highest BCUT2D eigenvalue weighted by molar-refractivity contribution is 5.84. The van der Waals surface area contributed by atoms with Gasteiger partial charge in [-0.05, 0) is 25.3 Å². The van der Waals surface area contributed by atoms with Crippen molar-refractivity contribution >= 4 is 11.9 Å². The zero-order chi connectivity index (χ0) is 8.69. The maximum absolute atomic E-state index is 6.72. The SMILES string of the molecule is CC[C@H](C)/C(C)=N/C=C\C=N. The summed E-state index contributed by atoms with van der Waals surface area (Å²) in [5, 5.41) is 6.72. The summed E-state index contributed by atoms with van der Waals surface area (Å²) >= 11 is 0. The van der Waals surface area contributed by atoms with E-state index in [-0.39, 0.29) is 0 Å². The second-order valence-corrected chi connectivity index (χ2v) is 2.59. The number of nitrogens with zero attached hydrogens (tertiary/aromatic N) is 1. The summed E-state index contributed by atoms with van der Waals surface area (Å²) in [6.45, 7) is 6.31. The molecule has 1 atom stereocenters. The fraction of sp³-hybridized carbons (Fsp3) is 0.556. The molecule has 0 spiro atoms. The third kappa shape index (κ3) is 4.48. The molecule has 0 aliphatic rings. The Morgan fingerprint density at radius 2 is 2.27 bits per heavy atom. The van der Waals surface area contributed by atoms with Crippen LogP contribution in [0.25, 0.3) is 0 Å². The Morgan fingerprint density at radius 3 is 2.73 bits per heavy atom. The summed E-state index contributed by atoms with van der Waals surface area (Å²) in [7, 11) is 0. The van der Waals surface area contributed by atoms with Crippen LogP contribution in [-0.2, 0) is 0 Å². The Hall–Kier alpha value is -0.920. The zero-order valence-corrected chi connectivity index (χ0v) is 7.46. The summed E-state index contributed by atoms with van der Waals surface area (Å²) in [5.41, 5.74) is 1.13. The number of allylic oxidation sites excluding steroid dienone is 1. The normalized spacial score (nSPS) is 15.4. The largest absolute Gasteiger partial charge is 0.309 e. The van der Waals surface area contributed by atoms with E-state index in [1.165, 1.54) is 6.21 Å². The van der Waals surface area contributed by atoms with Crippen molar-refractivity contribution in [2.45, 2.75) is 27.2 Å². The molecule has 0 aromatic heterocycles. The molecule has 0 saturated carbocycles. The van der Waals surface area contributed by atoms with Crippen LogP contribution in [0.2, 0.25) is 0 Å². The van der Waals surface area contributed by atoms with Crippen molar-refractivity contribution in [1.29, 1.82) is 5.41 Å². The van der Waals surface area contributed by atoms with E-state index in [2.05, 4.69) is 18.8 Å². The molecule has 0 saturated heterocycles. The molecule has 1 N–H and O–H groups in total. The van der Waals surface area contributed by atoms with Crippen molar-refractivity contribution in [1.82, 2.24) is 0 Å². The van der Waals surface area contributed by atoms with Crippen molar-refractivity contribution in [3.05, 3.63) is 12.3 Å². The highest BCUT2D eigenvalue weighted by Crippen LogP contribution is 2.03. The first kappa shape index (κ1) is 10.1. The number of hydrogen-bond acceptors (Lipinski definition) is 2. The Balaban J connectivity index is 3.98. The molecule has 0 fully saturated rings. The van der Waals surface area contributed by atoms with Crippen LogP contribution in [0.3, 0.4) is 0 Å². The van der Waals surface area contributed by atoms with Gasteiger partial charge in [-0.3, -0.25) is 4.99 Å². The molecule has 0 aromatic rings. The first-order valence-corrected chi connectivity index (χ1v) is 3.92. The molecule has 0 rings (SSSR count). The second kappa shape index (κ2) is 5.83. The van der Waals surface area contributed by atoms with Gasteiger partial charge in [0.15, 0.2) is 0 Å². The van der Waals surface area contributed by atoms with Gasteiger partial charge < -0.3 is 5.41 Å². The van der Waals surface area contributed by atoms with Gasteiger partial charge in [0, 0.05) is 18.1 Å². The lowest BCUT2D eigenvalue weighted by atomic mass is 10.0. The molecular formula is C9H16N2. The van der Waals surface area contributed by atoms with Gasteiger partial charge in [0.2, 0.25) is 0 Å². The Labute approximate surface area is 68.5 Å². The summed E-state index contributed by atoms with van der Waals surface area (Å²) in [6.07, 6.45) is 5.63. The maximum Gasteiger partial charge on any atom is 0.0282 e. The van der Waals surface area contributed by atoms with Crippen molar-refractivity contribution in [2.75, 3.05) is 0 Å². The van der Waals surface area contributed by atoms with E-state index in [0.717, 1.165) is 12.1 Å². The molecule has 0 bridgehead atoms. The minimum absolute atomic E-state index is 0.547. The van der Waals surface area contributed by atoms with E-state index in [1.54, 1.807) is 12.3 Å². The summed E-state index contributed by atoms with van der Waals surface area (Å²) in [4.78, 5) is 4.17. The number of nitrogens with one attached hydrogen (secondary N) is 1. The van der Waals surface area contributed by atoms with Crippen LogP contribution < -0.4 is 0 Å². The molecule has 2 nitrogen and oxygen atoms in total. The predicted molar refractivity (Wildman–Crippen MR) is 50.5 cm³/mol. The third-order valence-corrected chi connectivity index (χ3v) is 1.79. The minimum Gasteiger partial charge on any atom is -0.309 e. The quantitative estimate of drug-likeness (QED) is 0.601. The van der Waals surface area contributed by atoms with Crippen molar-refractivity contribution in [2.24, 2.45) is 10.9 Å². The molecule has 0 aromatic carbocycles. The number of rotatable bonds is 4. The molecule has 0 aliphatic carbocycles. The topological polar surface area (TPSA) is 36.2 Å². The first-order valence-electron chi connectivity index (χ1n) is 3.92. The molecular weight excluding hydrogens is 136 g/mol. The molecule has 62 valence electrons.